The molecule has 2 fully saturated rings. The summed E-state index contributed by atoms with van der Waals surface area (Å²) < 4.78 is 10.9. The second kappa shape index (κ2) is 14.5. The van der Waals surface area contributed by atoms with Crippen molar-refractivity contribution in [3.8, 4) is 11.5 Å². The Hall–Kier alpha value is -1.75. The molecule has 1 aromatic carbocycles. The number of nitrogens with zero attached hydrogens (tertiary/aromatic N) is 3. The monoisotopic (exact) mass is 573 g/mol. The lowest BCUT2D eigenvalue weighted by atomic mass is 9.95. The largest absolute Gasteiger partial charge is 0.497 e. The Bertz CT molecular complexity index is 762. The molecule has 33 heavy (non-hydrogen) atoms. The molecule has 0 aromatic heterocycles. The van der Waals surface area contributed by atoms with E-state index in [1.165, 1.54) is 19.3 Å². The minimum absolute atomic E-state index is 0. The molecular formula is C24H40IN5O3. The molecule has 0 unspecified atom stereocenters. The van der Waals surface area contributed by atoms with Crippen LogP contribution in [0.2, 0.25) is 0 Å². The minimum atomic E-state index is 0. The van der Waals surface area contributed by atoms with E-state index in [1.807, 2.05) is 18.2 Å². The molecule has 1 aromatic rings. The van der Waals surface area contributed by atoms with E-state index in [2.05, 4.69) is 25.4 Å². The highest BCUT2D eigenvalue weighted by molar-refractivity contribution is 14.0. The standard InChI is InChI=1S/C24H39N5O3.HI/c1-25-24(26-12-11-23(30)27-20-7-5-4-6-8-20)29-15-13-28(14-16-29)18-19-17-21(31-2)9-10-22(19)32-3;/h9-10,17,20H,4-8,11-16,18H2,1-3H3,(H,25,26)(H,27,30);1H. The second-order valence-electron chi connectivity index (χ2n) is 8.57. The number of carbonyl (C=O) groups excluding carboxylic acids is 1. The second-order valence-corrected chi connectivity index (χ2v) is 8.57. The van der Waals surface area contributed by atoms with Crippen LogP contribution < -0.4 is 20.1 Å². The third-order valence-electron chi connectivity index (χ3n) is 6.37. The number of piperazine rings is 1. The molecule has 0 bridgehead atoms. The Morgan fingerprint density at radius 2 is 1.82 bits per heavy atom. The average molecular weight is 574 g/mol. The molecule has 2 N–H and O–H groups in total. The van der Waals surface area contributed by atoms with Crippen LogP contribution in [0.3, 0.4) is 0 Å². The summed E-state index contributed by atoms with van der Waals surface area (Å²) in [5.74, 6) is 2.74. The number of rotatable bonds is 8. The fourth-order valence-corrected chi connectivity index (χ4v) is 4.53. The Morgan fingerprint density at radius 1 is 1.09 bits per heavy atom. The predicted octanol–water partition coefficient (Wildman–Crippen LogP) is 2.85. The highest BCUT2D eigenvalue weighted by Crippen LogP contribution is 2.25. The number of halogens is 1. The molecule has 1 heterocycles. The van der Waals surface area contributed by atoms with E-state index in [4.69, 9.17) is 9.47 Å². The molecule has 1 amide bonds. The van der Waals surface area contributed by atoms with Gasteiger partial charge in [-0.25, -0.2) is 0 Å². The van der Waals surface area contributed by atoms with Crippen molar-refractivity contribution in [1.29, 1.82) is 0 Å². The summed E-state index contributed by atoms with van der Waals surface area (Å²) in [4.78, 5) is 21.3. The summed E-state index contributed by atoms with van der Waals surface area (Å²) in [7, 11) is 5.19. The number of hydrogen-bond acceptors (Lipinski definition) is 5. The van der Waals surface area contributed by atoms with E-state index < -0.39 is 0 Å². The first-order valence-corrected chi connectivity index (χ1v) is 11.8. The normalized spacial score (nSPS) is 17.8. The zero-order chi connectivity index (χ0) is 22.8. The first kappa shape index (κ1) is 27.5. The average Bonchev–Trinajstić information content (AvgIpc) is 2.83. The Morgan fingerprint density at radius 3 is 2.45 bits per heavy atom. The van der Waals surface area contributed by atoms with E-state index in [9.17, 15) is 4.79 Å². The molecule has 0 atom stereocenters. The van der Waals surface area contributed by atoms with Gasteiger partial charge in [-0.1, -0.05) is 19.3 Å². The van der Waals surface area contributed by atoms with Crippen LogP contribution in [0, 0.1) is 0 Å². The van der Waals surface area contributed by atoms with Gasteiger partial charge in [0.05, 0.1) is 14.2 Å². The van der Waals surface area contributed by atoms with Crippen molar-refractivity contribution in [1.82, 2.24) is 20.4 Å². The molecular weight excluding hydrogens is 533 g/mol. The van der Waals surface area contributed by atoms with E-state index in [0.29, 0.717) is 19.0 Å². The lowest BCUT2D eigenvalue weighted by Gasteiger charge is -2.36. The third kappa shape index (κ3) is 8.51. The molecule has 1 aliphatic carbocycles. The number of ether oxygens (including phenoxy) is 2. The van der Waals surface area contributed by atoms with Crippen molar-refractivity contribution in [3.05, 3.63) is 23.8 Å². The fraction of sp³-hybridized carbons (Fsp3) is 0.667. The minimum Gasteiger partial charge on any atom is -0.497 e. The summed E-state index contributed by atoms with van der Waals surface area (Å²) in [5.41, 5.74) is 1.13. The molecule has 2 aliphatic rings. The predicted molar refractivity (Wildman–Crippen MR) is 143 cm³/mol. The summed E-state index contributed by atoms with van der Waals surface area (Å²) in [5, 5.41) is 6.54. The van der Waals surface area contributed by atoms with Gasteiger partial charge in [-0.05, 0) is 31.0 Å². The lowest BCUT2D eigenvalue weighted by Crippen LogP contribution is -2.52. The van der Waals surface area contributed by atoms with Crippen molar-refractivity contribution in [2.24, 2.45) is 4.99 Å². The maximum atomic E-state index is 12.2. The topological polar surface area (TPSA) is 78.4 Å². The lowest BCUT2D eigenvalue weighted by molar-refractivity contribution is -0.121. The SMILES string of the molecule is CN=C(NCCC(=O)NC1CCCCC1)N1CCN(Cc2cc(OC)ccc2OC)CC1.I. The van der Waals surface area contributed by atoms with Gasteiger partial charge >= 0.3 is 0 Å². The quantitative estimate of drug-likeness (QED) is 0.283. The van der Waals surface area contributed by atoms with Gasteiger partial charge in [0.2, 0.25) is 5.91 Å². The molecule has 1 saturated heterocycles. The summed E-state index contributed by atoms with van der Waals surface area (Å²) >= 11 is 0. The molecule has 8 nitrogen and oxygen atoms in total. The van der Waals surface area contributed by atoms with Crippen LogP contribution in [0.5, 0.6) is 11.5 Å². The van der Waals surface area contributed by atoms with Crippen LogP contribution in [0.25, 0.3) is 0 Å². The molecule has 1 saturated carbocycles. The maximum absolute atomic E-state index is 12.2. The van der Waals surface area contributed by atoms with Crippen molar-refractivity contribution < 1.29 is 14.3 Å². The Kier molecular flexibility index (Phi) is 12.1. The summed E-state index contributed by atoms with van der Waals surface area (Å²) in [6.07, 6.45) is 6.47. The van der Waals surface area contributed by atoms with Crippen LogP contribution >= 0.6 is 24.0 Å². The Balaban J connectivity index is 0.00000385. The van der Waals surface area contributed by atoms with Gasteiger partial charge in [0.1, 0.15) is 11.5 Å². The van der Waals surface area contributed by atoms with Crippen LogP contribution in [0.15, 0.2) is 23.2 Å². The first-order chi connectivity index (χ1) is 15.6. The number of amides is 1. The number of nitrogens with one attached hydrogen (secondary N) is 2. The zero-order valence-corrected chi connectivity index (χ0v) is 22.6. The van der Waals surface area contributed by atoms with Gasteiger partial charge in [0.15, 0.2) is 5.96 Å². The highest BCUT2D eigenvalue weighted by atomic mass is 127. The van der Waals surface area contributed by atoms with Gasteiger partial charge in [0.25, 0.3) is 0 Å². The third-order valence-corrected chi connectivity index (χ3v) is 6.37. The molecule has 3 rings (SSSR count). The van der Waals surface area contributed by atoms with Crippen LogP contribution in [-0.2, 0) is 11.3 Å². The zero-order valence-electron chi connectivity index (χ0n) is 20.3. The van der Waals surface area contributed by atoms with Gasteiger partial charge in [-0.15, -0.1) is 24.0 Å². The number of hydrogen-bond donors (Lipinski definition) is 2. The highest BCUT2D eigenvalue weighted by Gasteiger charge is 2.21. The number of benzene rings is 1. The van der Waals surface area contributed by atoms with E-state index >= 15 is 0 Å². The molecule has 9 heteroatoms. The van der Waals surface area contributed by atoms with Crippen molar-refractivity contribution in [2.75, 3.05) is 54.0 Å². The molecule has 0 radical (unpaired) electrons. The first-order valence-electron chi connectivity index (χ1n) is 11.8. The maximum Gasteiger partial charge on any atom is 0.221 e. The molecule has 0 spiro atoms. The smallest absolute Gasteiger partial charge is 0.221 e. The summed E-state index contributed by atoms with van der Waals surface area (Å²) in [6, 6.07) is 6.29. The number of methoxy groups -OCH3 is 2. The number of guanidine groups is 1. The molecule has 1 aliphatic heterocycles. The Labute approximate surface area is 215 Å². The summed E-state index contributed by atoms with van der Waals surface area (Å²) in [6.45, 7) is 5.07. The van der Waals surface area contributed by atoms with Gasteiger partial charge in [-0.2, -0.15) is 0 Å². The van der Waals surface area contributed by atoms with E-state index in [1.54, 1.807) is 21.3 Å². The molecule has 186 valence electrons. The van der Waals surface area contributed by atoms with Gasteiger partial charge in [0, 0.05) is 64.3 Å². The fourth-order valence-electron chi connectivity index (χ4n) is 4.53. The van der Waals surface area contributed by atoms with E-state index in [0.717, 1.165) is 68.6 Å². The van der Waals surface area contributed by atoms with Crippen molar-refractivity contribution in [3.63, 3.8) is 0 Å². The van der Waals surface area contributed by atoms with Crippen molar-refractivity contribution >= 4 is 35.8 Å². The van der Waals surface area contributed by atoms with Gasteiger partial charge < -0.3 is 25.0 Å². The van der Waals surface area contributed by atoms with Crippen LogP contribution in [-0.4, -0.2) is 81.7 Å². The number of aliphatic imine (C=N–C) groups is 1. The van der Waals surface area contributed by atoms with E-state index in [-0.39, 0.29) is 29.9 Å². The number of carbonyl (C=O) groups is 1. The van der Waals surface area contributed by atoms with Crippen molar-refractivity contribution in [2.45, 2.75) is 51.1 Å². The van der Waals surface area contributed by atoms with Crippen LogP contribution in [0.1, 0.15) is 44.1 Å². The van der Waals surface area contributed by atoms with Crippen LogP contribution in [0.4, 0.5) is 0 Å². The van der Waals surface area contributed by atoms with Gasteiger partial charge in [-0.3, -0.25) is 14.7 Å².